The number of nitrogens with zero attached hydrogens (tertiary/aromatic N) is 14. The highest BCUT2D eigenvalue weighted by atomic mass is 16.5. The summed E-state index contributed by atoms with van der Waals surface area (Å²) in [7, 11) is 11.5. The summed E-state index contributed by atoms with van der Waals surface area (Å²) in [5.41, 5.74) is 25.6. The number of fused-ring (bicyclic) bond motifs is 4. The fourth-order valence-electron chi connectivity index (χ4n) is 17.2. The molecule has 25 nitrogen and oxygen atoms in total. The average molecular weight is 1700 g/mol. The van der Waals surface area contributed by atoms with Crippen molar-refractivity contribution in [3.05, 3.63) is 300 Å². The van der Waals surface area contributed by atoms with Crippen LogP contribution in [0.5, 0.6) is 0 Å². The third-order valence-corrected chi connectivity index (χ3v) is 24.1. The lowest BCUT2D eigenvalue weighted by Crippen LogP contribution is -2.43. The Bertz CT molecular complexity index is 6490. The maximum atomic E-state index is 11.9. The molecule has 14 aromatic rings. The number of benzene rings is 11. The fraction of sp³-hybridized carbons (Fsp3) is 0.235. The van der Waals surface area contributed by atoms with Crippen molar-refractivity contribution in [2.24, 2.45) is 26.1 Å². The molecule has 127 heavy (non-hydrogen) atoms. The van der Waals surface area contributed by atoms with Gasteiger partial charge in [0.05, 0.1) is 88.6 Å². The SMILES string of the molecule is CC(=O)Nc1cccc(-c2ccc(-c3cc(C(=O)O)c4c(c3)ncn4C)cc2)c1.CN1CCN(Cc2ccccc2-c2ccc(-c3cc(C(=O)O)c4nn(C)nc4c3)cc2)CC1.CN1CCN(Cc2ccccc2-c2ccc(C3=CC4N=CN(C)C4C(C(=O)O)=C3)cc2)CC1.Cn1cnc2cc(-c3ccc(-c4ccc(CN5CCOCC5)cc4)cc3)cc(C(=O)O)c21. The highest BCUT2D eigenvalue weighted by molar-refractivity contribution is 6.06. The molecule has 7 heterocycles. The molecule has 1 amide bonds. The van der Waals surface area contributed by atoms with E-state index in [1.165, 1.54) is 45.1 Å². The minimum atomic E-state index is -1.00. The number of amides is 1. The molecule has 4 aliphatic heterocycles. The number of nitrogens with one attached hydrogen (secondary N) is 1. The van der Waals surface area contributed by atoms with Crippen molar-refractivity contribution in [2.45, 2.75) is 38.6 Å². The van der Waals surface area contributed by atoms with Crippen LogP contribution in [0.1, 0.15) is 60.3 Å². The molecule has 0 saturated carbocycles. The number of anilines is 1. The van der Waals surface area contributed by atoms with Crippen LogP contribution >= 0.6 is 0 Å². The Kier molecular flexibility index (Phi) is 26.2. The van der Waals surface area contributed by atoms with Gasteiger partial charge in [0.15, 0.2) is 0 Å². The number of aryl methyl sites for hydroxylation is 3. The number of aromatic carboxylic acids is 3. The van der Waals surface area contributed by atoms with E-state index in [0.29, 0.717) is 38.7 Å². The first-order valence-corrected chi connectivity index (χ1v) is 42.5. The van der Waals surface area contributed by atoms with Gasteiger partial charge in [-0.05, 0) is 180 Å². The molecule has 11 aromatic carbocycles. The van der Waals surface area contributed by atoms with Gasteiger partial charge in [0, 0.05) is 126 Å². The number of piperazine rings is 2. The summed E-state index contributed by atoms with van der Waals surface area (Å²) in [6, 6.07) is 76.8. The number of carbonyl (C=O) groups is 5. The van der Waals surface area contributed by atoms with Crippen molar-refractivity contribution in [1.29, 1.82) is 0 Å². The van der Waals surface area contributed by atoms with Crippen molar-refractivity contribution in [2.75, 3.05) is 105 Å². The molecular formula is C102H101N15O10. The Morgan fingerprint density at radius 1 is 0.409 bits per heavy atom. The van der Waals surface area contributed by atoms with Crippen LogP contribution in [0.25, 0.3) is 117 Å². The first-order valence-electron chi connectivity index (χ1n) is 42.5. The maximum Gasteiger partial charge on any atom is 0.338 e. The van der Waals surface area contributed by atoms with Crippen LogP contribution in [-0.4, -0.2) is 232 Å². The van der Waals surface area contributed by atoms with E-state index < -0.39 is 23.9 Å². The van der Waals surface area contributed by atoms with Crippen molar-refractivity contribution >= 4 is 80.5 Å². The second-order valence-corrected chi connectivity index (χ2v) is 33.0. The molecule has 3 aromatic heterocycles. The Balaban J connectivity index is 0.000000125. The molecule has 2 unspecified atom stereocenters. The van der Waals surface area contributed by atoms with Gasteiger partial charge < -0.3 is 54.3 Å². The van der Waals surface area contributed by atoms with E-state index in [2.05, 4.69) is 196 Å². The zero-order chi connectivity index (χ0) is 88.5. The third kappa shape index (κ3) is 20.1. The molecule has 0 radical (unpaired) electrons. The number of hydrogen-bond donors (Lipinski definition) is 5. The third-order valence-electron chi connectivity index (χ3n) is 24.1. The molecule has 1 aliphatic carbocycles. The van der Waals surface area contributed by atoms with Gasteiger partial charge in [0.2, 0.25) is 5.91 Å². The Morgan fingerprint density at radius 3 is 1.31 bits per heavy atom. The quantitative estimate of drug-likeness (QED) is 0.0503. The number of ether oxygens (including phenoxy) is 1. The first-order chi connectivity index (χ1) is 61.5. The molecule has 25 heteroatoms. The number of morpholine rings is 1. The normalized spacial score (nSPS) is 16.2. The van der Waals surface area contributed by atoms with E-state index in [4.69, 9.17) is 4.74 Å². The van der Waals surface area contributed by atoms with Crippen molar-refractivity contribution < 1.29 is 49.1 Å². The molecule has 0 spiro atoms. The number of carboxylic acids is 4. The van der Waals surface area contributed by atoms with Gasteiger partial charge in [-0.25, -0.2) is 29.1 Å². The minimum Gasteiger partial charge on any atom is -0.478 e. The van der Waals surface area contributed by atoms with Gasteiger partial charge in [-0.3, -0.25) is 24.5 Å². The minimum absolute atomic E-state index is 0.114. The lowest BCUT2D eigenvalue weighted by Gasteiger charge is -2.32. The van der Waals surface area contributed by atoms with E-state index in [0.717, 1.165) is 176 Å². The molecule has 2 atom stereocenters. The second-order valence-electron chi connectivity index (χ2n) is 33.0. The van der Waals surface area contributed by atoms with Gasteiger partial charge in [-0.1, -0.05) is 182 Å². The standard InChI is InChI=1S/C27H30N4O2.C26H27N5O2.C26H25N3O3.C23H19N3O3/c1-29-11-13-31(14-12-29)17-21-5-3-4-6-23(21)20-9-7-19(8-10-20)22-15-24(27(32)33)26-25(16-22)28-18-30(26)2;1-29-11-13-31(14-12-29)17-20-5-3-4-6-22(20)19-9-7-18(8-10-19)21-15-23(26(32)33)25-24(16-21)27-30(2)28-25;1-28-17-27-24-15-22(14-23(25(24)28)26(30)31)21-8-6-20(7-9-21)19-4-2-18(3-5-19)16-29-10-12-32-13-11-29;1-14(27)25-19-5-3-4-17(10-19)15-6-8-16(9-7-15)18-11-20(23(28)29)22-21(12-18)24-13-26(22)2/h3-10,15-16,18,25-26H,11-14,17H2,1-2H3,(H,32,33);3-10,15-16H,11-14,17H2,1-2H3,(H,32,33);2-9,14-15,17H,10-13,16H2,1H3,(H,30,31);3-13H,1-2H3,(H,25,27)(H,28,29). The van der Waals surface area contributed by atoms with E-state index in [9.17, 15) is 44.4 Å². The number of likely N-dealkylation sites (N-methyl/N-ethyl adjacent to an activating group) is 3. The topological polar surface area (TPSA) is 286 Å². The smallest absolute Gasteiger partial charge is 0.338 e. The Hall–Kier alpha value is -14.2. The van der Waals surface area contributed by atoms with Crippen LogP contribution in [-0.2, 0) is 55.1 Å². The van der Waals surface area contributed by atoms with E-state index >= 15 is 0 Å². The van der Waals surface area contributed by atoms with Gasteiger partial charge in [0.25, 0.3) is 0 Å². The largest absolute Gasteiger partial charge is 0.478 e. The number of rotatable bonds is 19. The summed E-state index contributed by atoms with van der Waals surface area (Å²) >= 11 is 0. The molecule has 5 aliphatic rings. The first kappa shape index (κ1) is 86.3. The van der Waals surface area contributed by atoms with Crippen LogP contribution in [0.2, 0.25) is 0 Å². The molecule has 5 N–H and O–H groups in total. The summed E-state index contributed by atoms with van der Waals surface area (Å²) < 4.78 is 8.88. The van der Waals surface area contributed by atoms with Crippen LogP contribution in [0.3, 0.4) is 0 Å². The molecular weight excluding hydrogens is 1600 g/mol. The molecule has 644 valence electrons. The molecule has 19 rings (SSSR count). The highest BCUT2D eigenvalue weighted by Crippen LogP contribution is 2.38. The number of imidazole rings is 2. The fourth-order valence-corrected chi connectivity index (χ4v) is 17.2. The number of carbonyl (C=O) groups excluding carboxylic acids is 1. The second kappa shape index (κ2) is 38.5. The number of allylic oxidation sites excluding steroid dienone is 2. The number of aliphatic imine (C=N–C) groups is 1. The predicted molar refractivity (Wildman–Crippen MR) is 499 cm³/mol. The number of aromatic nitrogens is 7. The Labute approximate surface area is 736 Å². The lowest BCUT2D eigenvalue weighted by molar-refractivity contribution is -0.133. The summed E-state index contributed by atoms with van der Waals surface area (Å²) in [5, 5.41) is 50.0. The number of hydrogen-bond acceptors (Lipinski definition) is 17. The highest BCUT2D eigenvalue weighted by Gasteiger charge is 2.37. The average Bonchev–Trinajstić information content (AvgIpc) is 1.49. The van der Waals surface area contributed by atoms with Crippen LogP contribution in [0, 0.1) is 0 Å². The monoisotopic (exact) mass is 1700 g/mol. The van der Waals surface area contributed by atoms with Crippen LogP contribution in [0.4, 0.5) is 5.69 Å². The van der Waals surface area contributed by atoms with Crippen molar-refractivity contribution in [3.8, 4) is 77.9 Å². The summed E-state index contributed by atoms with van der Waals surface area (Å²) in [6.07, 6.45) is 8.86. The molecule has 0 bridgehead atoms. The number of carboxylic acid groups (broad SMARTS) is 4. The number of aliphatic carboxylic acids is 1. The zero-order valence-corrected chi connectivity index (χ0v) is 72.1. The van der Waals surface area contributed by atoms with Crippen molar-refractivity contribution in [3.63, 3.8) is 0 Å². The van der Waals surface area contributed by atoms with Gasteiger partial charge in [-0.2, -0.15) is 15.0 Å². The summed E-state index contributed by atoms with van der Waals surface area (Å²) in [6.45, 7) is 16.7. The Morgan fingerprint density at radius 2 is 0.835 bits per heavy atom. The van der Waals surface area contributed by atoms with E-state index in [1.807, 2.05) is 110 Å². The zero-order valence-electron chi connectivity index (χ0n) is 72.1. The molecule has 3 fully saturated rings. The lowest BCUT2D eigenvalue weighted by atomic mass is 9.87. The summed E-state index contributed by atoms with van der Waals surface area (Å²) in [4.78, 5) is 87.1. The predicted octanol–water partition coefficient (Wildman–Crippen LogP) is 16.0. The van der Waals surface area contributed by atoms with E-state index in [-0.39, 0.29) is 34.7 Å². The van der Waals surface area contributed by atoms with Gasteiger partial charge in [0.1, 0.15) is 11.0 Å². The maximum absolute atomic E-state index is 11.9. The van der Waals surface area contributed by atoms with Crippen molar-refractivity contribution in [1.82, 2.24) is 63.5 Å². The van der Waals surface area contributed by atoms with Gasteiger partial charge in [-0.15, -0.1) is 0 Å². The summed E-state index contributed by atoms with van der Waals surface area (Å²) in [5.74, 6) is -3.93. The van der Waals surface area contributed by atoms with E-state index in [1.54, 1.807) is 66.5 Å². The van der Waals surface area contributed by atoms with Gasteiger partial charge >= 0.3 is 23.9 Å². The van der Waals surface area contributed by atoms with Crippen LogP contribution in [0.15, 0.2) is 266 Å². The van der Waals surface area contributed by atoms with Crippen LogP contribution < -0.4 is 5.32 Å². The molecule has 3 saturated heterocycles.